The van der Waals surface area contributed by atoms with Crippen molar-refractivity contribution in [2.75, 3.05) is 0 Å². The Morgan fingerprint density at radius 2 is 1.70 bits per heavy atom. The highest BCUT2D eigenvalue weighted by molar-refractivity contribution is 5.80. The molecule has 2 heterocycles. The zero-order valence-corrected chi connectivity index (χ0v) is 21.6. The van der Waals surface area contributed by atoms with E-state index in [-0.39, 0.29) is 17.0 Å². The van der Waals surface area contributed by atoms with Crippen LogP contribution in [0.2, 0.25) is 0 Å². The molecule has 1 N–H and O–H groups in total. The maximum absolute atomic E-state index is 13.4. The van der Waals surface area contributed by atoms with Crippen LogP contribution in [0.5, 0.6) is 0 Å². The molecule has 9 heteroatoms. The molecular formula is C28H33N7O2. The monoisotopic (exact) mass is 499 g/mol. The summed E-state index contributed by atoms with van der Waals surface area (Å²) in [6, 6.07) is 15.9. The number of nitrogens with zero attached hydrogens (tertiary/aromatic N) is 6. The van der Waals surface area contributed by atoms with Crippen molar-refractivity contribution in [1.82, 2.24) is 35.0 Å². The van der Waals surface area contributed by atoms with Crippen LogP contribution in [0.4, 0.5) is 0 Å². The molecule has 1 saturated carbocycles. The maximum atomic E-state index is 13.4. The Kier molecular flexibility index (Phi) is 6.86. The molecule has 0 atom stereocenters. The van der Waals surface area contributed by atoms with Crippen LogP contribution in [-0.4, -0.2) is 40.9 Å². The first-order chi connectivity index (χ1) is 17.8. The molecule has 2 aromatic carbocycles. The Hall–Kier alpha value is -3.88. The lowest BCUT2D eigenvalue weighted by molar-refractivity contribution is 0.0845. The van der Waals surface area contributed by atoms with Gasteiger partial charge in [-0.2, -0.15) is 5.21 Å². The zero-order chi connectivity index (χ0) is 26.0. The van der Waals surface area contributed by atoms with Crippen molar-refractivity contribution in [3.63, 3.8) is 0 Å². The summed E-state index contributed by atoms with van der Waals surface area (Å²) < 4.78 is 2.74. The molecule has 0 unspecified atom stereocenters. The lowest BCUT2D eigenvalue weighted by atomic mass is 9.87. The first-order valence-electron chi connectivity index (χ1n) is 13.0. The molecule has 192 valence electrons. The smallest absolute Gasteiger partial charge is 0.274 e. The van der Waals surface area contributed by atoms with Gasteiger partial charge in [0.05, 0.1) is 6.54 Å². The Morgan fingerprint density at radius 1 is 1.00 bits per heavy atom. The van der Waals surface area contributed by atoms with Gasteiger partial charge in [-0.3, -0.25) is 9.36 Å². The number of hydrogen-bond acceptors (Lipinski definition) is 6. The Morgan fingerprint density at radius 3 is 2.35 bits per heavy atom. The SMILES string of the molecule is CC(C)(C)c1nn(C(=O)CC2CCCCC2)c(=O)n1Cc1ccc(-c2ccccc2-c2nn[nH]n2)cc1. The summed E-state index contributed by atoms with van der Waals surface area (Å²) in [5.41, 5.74) is 3.08. The van der Waals surface area contributed by atoms with Gasteiger partial charge in [0, 0.05) is 17.4 Å². The Bertz CT molecular complexity index is 1420. The van der Waals surface area contributed by atoms with Crippen molar-refractivity contribution in [3.8, 4) is 22.5 Å². The fraction of sp³-hybridized carbons (Fsp3) is 0.429. The number of hydrogen-bond donors (Lipinski definition) is 1. The highest BCUT2D eigenvalue weighted by atomic mass is 16.2. The zero-order valence-electron chi connectivity index (χ0n) is 21.6. The molecule has 4 aromatic rings. The molecule has 0 radical (unpaired) electrons. The van der Waals surface area contributed by atoms with Crippen LogP contribution < -0.4 is 5.69 Å². The summed E-state index contributed by atoms with van der Waals surface area (Å²) in [5, 5.41) is 19.0. The van der Waals surface area contributed by atoms with Gasteiger partial charge in [-0.1, -0.05) is 88.6 Å². The van der Waals surface area contributed by atoms with Crippen LogP contribution >= 0.6 is 0 Å². The van der Waals surface area contributed by atoms with Crippen molar-refractivity contribution in [1.29, 1.82) is 0 Å². The predicted molar refractivity (Wildman–Crippen MR) is 141 cm³/mol. The van der Waals surface area contributed by atoms with Crippen molar-refractivity contribution >= 4 is 5.91 Å². The predicted octanol–water partition coefficient (Wildman–Crippen LogP) is 4.85. The van der Waals surface area contributed by atoms with Crippen LogP contribution in [0.15, 0.2) is 53.3 Å². The number of aromatic nitrogens is 7. The molecule has 1 aliphatic rings. The van der Waals surface area contributed by atoms with Crippen LogP contribution in [-0.2, 0) is 12.0 Å². The maximum Gasteiger partial charge on any atom is 0.353 e. The largest absolute Gasteiger partial charge is 0.353 e. The van der Waals surface area contributed by atoms with E-state index >= 15 is 0 Å². The van der Waals surface area contributed by atoms with Crippen LogP contribution in [0, 0.1) is 5.92 Å². The molecular weight excluding hydrogens is 466 g/mol. The minimum atomic E-state index is -0.390. The topological polar surface area (TPSA) is 111 Å². The van der Waals surface area contributed by atoms with Crippen molar-refractivity contribution in [2.24, 2.45) is 5.92 Å². The van der Waals surface area contributed by atoms with E-state index in [0.29, 0.717) is 30.5 Å². The van der Waals surface area contributed by atoms with Crippen LogP contribution in [0.1, 0.15) is 75.5 Å². The second kappa shape index (κ2) is 10.2. The molecule has 0 aliphatic heterocycles. The summed E-state index contributed by atoms with van der Waals surface area (Å²) in [6.07, 6.45) is 6.03. The average molecular weight is 500 g/mol. The fourth-order valence-electron chi connectivity index (χ4n) is 5.16. The van der Waals surface area contributed by atoms with E-state index in [2.05, 4.69) is 25.7 Å². The summed E-state index contributed by atoms with van der Waals surface area (Å²) in [4.78, 5) is 26.5. The molecule has 2 aromatic heterocycles. The van der Waals surface area contributed by atoms with Gasteiger partial charge < -0.3 is 0 Å². The standard InChI is InChI=1S/C28H33N7O2/c1-28(2,3)26-31-35(24(36)17-19-9-5-4-6-10-19)27(37)34(26)18-20-13-15-21(16-14-20)22-11-7-8-12-23(22)25-29-32-33-30-25/h7-8,11-16,19H,4-6,9-10,17-18H2,1-3H3,(H,29,30,32,33). The molecule has 0 bridgehead atoms. The molecule has 9 nitrogen and oxygen atoms in total. The molecule has 0 amide bonds. The number of nitrogens with one attached hydrogen (secondary N) is 1. The van der Waals surface area contributed by atoms with Crippen molar-refractivity contribution < 1.29 is 4.79 Å². The first kappa shape index (κ1) is 24.8. The number of tetrazole rings is 1. The highest BCUT2D eigenvalue weighted by Crippen LogP contribution is 2.30. The molecule has 1 fully saturated rings. The van der Waals surface area contributed by atoms with Gasteiger partial charge in [0.2, 0.25) is 5.82 Å². The van der Waals surface area contributed by atoms with Crippen LogP contribution in [0.25, 0.3) is 22.5 Å². The number of benzene rings is 2. The minimum absolute atomic E-state index is 0.199. The minimum Gasteiger partial charge on any atom is -0.274 e. The third-order valence-electron chi connectivity index (χ3n) is 7.08. The van der Waals surface area contributed by atoms with Gasteiger partial charge in [0.25, 0.3) is 5.91 Å². The Balaban J connectivity index is 1.42. The summed E-state index contributed by atoms with van der Waals surface area (Å²) in [7, 11) is 0. The number of rotatable bonds is 6. The van der Waals surface area contributed by atoms with Gasteiger partial charge in [-0.25, -0.2) is 4.79 Å². The molecule has 37 heavy (non-hydrogen) atoms. The van der Waals surface area contributed by atoms with E-state index in [0.717, 1.165) is 52.6 Å². The van der Waals surface area contributed by atoms with Gasteiger partial charge in [-0.15, -0.1) is 20.0 Å². The number of carbonyl (C=O) groups is 1. The molecule has 0 spiro atoms. The highest BCUT2D eigenvalue weighted by Gasteiger charge is 2.28. The van der Waals surface area contributed by atoms with E-state index in [4.69, 9.17) is 0 Å². The quantitative estimate of drug-likeness (QED) is 0.406. The molecule has 5 rings (SSSR count). The first-order valence-corrected chi connectivity index (χ1v) is 13.0. The van der Waals surface area contributed by atoms with E-state index in [1.165, 1.54) is 6.42 Å². The number of carbonyl (C=O) groups excluding carboxylic acids is 1. The third-order valence-corrected chi connectivity index (χ3v) is 7.08. The molecule has 0 saturated heterocycles. The number of H-pyrrole nitrogens is 1. The lowest BCUT2D eigenvalue weighted by Crippen LogP contribution is -2.32. The average Bonchev–Trinajstić information content (AvgIpc) is 3.54. The summed E-state index contributed by atoms with van der Waals surface area (Å²) in [6.45, 7) is 6.38. The van der Waals surface area contributed by atoms with Crippen LogP contribution in [0.3, 0.4) is 0 Å². The molecule has 1 aliphatic carbocycles. The van der Waals surface area contributed by atoms with E-state index in [1.54, 1.807) is 4.57 Å². The second-order valence-electron chi connectivity index (χ2n) is 10.9. The Labute approximate surface area is 215 Å². The number of aromatic amines is 1. The third kappa shape index (κ3) is 5.30. The van der Waals surface area contributed by atoms with Crippen molar-refractivity contribution in [2.45, 2.75) is 71.3 Å². The van der Waals surface area contributed by atoms with E-state index < -0.39 is 0 Å². The summed E-state index contributed by atoms with van der Waals surface area (Å²) in [5.74, 6) is 1.29. The fourth-order valence-corrected chi connectivity index (χ4v) is 5.16. The lowest BCUT2D eigenvalue weighted by Gasteiger charge is -2.20. The van der Waals surface area contributed by atoms with E-state index in [9.17, 15) is 9.59 Å². The van der Waals surface area contributed by atoms with Gasteiger partial charge in [-0.05, 0) is 40.7 Å². The summed E-state index contributed by atoms with van der Waals surface area (Å²) >= 11 is 0. The van der Waals surface area contributed by atoms with Gasteiger partial charge in [0.1, 0.15) is 5.82 Å². The van der Waals surface area contributed by atoms with Crippen molar-refractivity contribution in [3.05, 3.63) is 70.4 Å². The van der Waals surface area contributed by atoms with Gasteiger partial charge in [0.15, 0.2) is 0 Å². The second-order valence-corrected chi connectivity index (χ2v) is 10.9. The van der Waals surface area contributed by atoms with Gasteiger partial charge >= 0.3 is 5.69 Å². The normalized spacial score (nSPS) is 14.7. The van der Waals surface area contributed by atoms with E-state index in [1.807, 2.05) is 69.3 Å².